The quantitative estimate of drug-likeness (QED) is 0.0624. The third kappa shape index (κ3) is 22.4. The largest absolute Gasteiger partial charge is 0.425 e. The zero-order valence-electron chi connectivity index (χ0n) is 86.9. The van der Waals surface area contributed by atoms with E-state index >= 15 is 0 Å². The average molecular weight is 2210 g/mol. The van der Waals surface area contributed by atoms with Crippen molar-refractivity contribution in [1.29, 1.82) is 0 Å². The van der Waals surface area contributed by atoms with Crippen LogP contribution in [0.2, 0.25) is 13.0 Å². The number of thiophene rings is 6. The first-order valence-electron chi connectivity index (χ1n) is 52.9. The van der Waals surface area contributed by atoms with Gasteiger partial charge in [0, 0.05) is 200 Å². The van der Waals surface area contributed by atoms with E-state index in [-0.39, 0.29) is 76.3 Å². The van der Waals surface area contributed by atoms with Gasteiger partial charge >= 0.3 is 6.18 Å². The standard InChI is InChI=1S/C19H26N4OS.C18H23ClN4OS.C18H26N4OS.C17H23ClN4OS.C17H21F3N4OS.C16H21ClN4O2S/c1-12-8-14-6-7-24-19(18(14)25-12)9-15(13-4-3-5-13)20-16(10-19)17-11-23(2)22-21-17;1-23-10-15(21-22-23)14-9-18(8-13(20-14)11-3-2-4-11)17-12(5-6-24-18)7-16(19)25-17;1-11(2)14-8-18(9-15(19-14)16-10-22(4)21-20-16)17-13(5-6-23-18)7-12(3)24-17;1-10(2)12-7-17(8-13(19-12)14-9-22(3)21-20-14)16-11(4-5-23-17)6-15(18)24-16;1-3-11-7-16(8-12(21-11)13-9-24(2)23-22-13)15-10(4-5-25-16)6-14(26-15)17(18,19)20;1-21-8-13(19-20-21)12-7-16(6-11(18-12)9-22-2)15-10(3-4-23-16)5-14(17)24-15/h8,11,13,15-16,20H,3-7,9-10H2,1-2H3;7,10-11,13-14,20H,2-6,8-9H2,1H3;7,10-11,14-15,19H,5-6,8-9H2,1-4H3;6,9-10,12-13,19H,4-5,7-8H2,1-3H3;6,9,11-12,21H,3-5,7-8H2,1-2H3;5,8,11-12,18H,3-4,6-7,9H2,1-2H3. The molecule has 43 heteroatoms. The van der Waals surface area contributed by atoms with Crippen molar-refractivity contribution in [3.8, 4) is 0 Å². The van der Waals surface area contributed by atoms with E-state index in [1.165, 1.54) is 107 Å². The number of fused-ring (bicyclic) bond motifs is 12. The van der Waals surface area contributed by atoms with Crippen molar-refractivity contribution in [2.24, 2.45) is 66.0 Å². The predicted octanol–water partition coefficient (Wildman–Crippen LogP) is 19.4. The van der Waals surface area contributed by atoms with E-state index in [0.717, 1.165) is 217 Å². The summed E-state index contributed by atoms with van der Waals surface area (Å²) in [6.07, 6.45) is 32.8. The van der Waals surface area contributed by atoms with Crippen LogP contribution in [0.1, 0.15) is 304 Å². The Balaban J connectivity index is 0.000000104. The number of piperidine rings is 6. The Bertz CT molecular complexity index is 6320. The number of hydrogen-bond acceptors (Lipinski definition) is 31. The van der Waals surface area contributed by atoms with Crippen molar-refractivity contribution in [3.05, 3.63) is 198 Å². The van der Waals surface area contributed by atoms with E-state index in [9.17, 15) is 13.2 Å². The lowest BCUT2D eigenvalue weighted by Crippen LogP contribution is -2.54. The van der Waals surface area contributed by atoms with E-state index in [1.807, 2.05) is 88.9 Å². The molecule has 12 aromatic rings. The molecule has 31 nitrogen and oxygen atoms in total. The molecule has 0 radical (unpaired) electrons. The van der Waals surface area contributed by atoms with Gasteiger partial charge in [0.2, 0.25) is 0 Å². The van der Waals surface area contributed by atoms with Crippen LogP contribution in [-0.4, -0.2) is 180 Å². The van der Waals surface area contributed by atoms with Gasteiger partial charge in [-0.15, -0.1) is 98.6 Å². The molecule has 0 aromatic carbocycles. The Morgan fingerprint density at radius 1 is 0.365 bits per heavy atom. The molecule has 2 aliphatic carbocycles. The van der Waals surface area contributed by atoms with Crippen LogP contribution in [0.15, 0.2) is 73.6 Å². The molecule has 18 unspecified atom stereocenters. The summed E-state index contributed by atoms with van der Waals surface area (Å²) in [7, 11) is 13.1. The Kier molecular flexibility index (Phi) is 31.8. The summed E-state index contributed by atoms with van der Waals surface area (Å²) in [5.41, 5.74) is 11.9. The van der Waals surface area contributed by atoms with Gasteiger partial charge in [-0.3, -0.25) is 28.1 Å². The molecule has 18 atom stereocenters. The molecule has 0 amide bonds. The van der Waals surface area contributed by atoms with Gasteiger partial charge in [0.15, 0.2) is 0 Å². The van der Waals surface area contributed by atoms with E-state index in [2.05, 4.69) is 179 Å². The molecule has 14 aliphatic rings. The van der Waals surface area contributed by atoms with Crippen molar-refractivity contribution in [1.82, 2.24) is 122 Å². The number of aryl methyl sites for hydroxylation is 8. The van der Waals surface area contributed by atoms with Gasteiger partial charge in [0.05, 0.1) is 130 Å². The Morgan fingerprint density at radius 2 is 0.635 bits per heavy atom. The molecule has 2 saturated carbocycles. The molecule has 26 rings (SSSR count). The van der Waals surface area contributed by atoms with Crippen molar-refractivity contribution >= 4 is 103 Å². The molecule has 8 fully saturated rings. The number of halogens is 6. The van der Waals surface area contributed by atoms with Gasteiger partial charge in [0.1, 0.15) is 38.5 Å². The van der Waals surface area contributed by atoms with Crippen LogP contribution < -0.4 is 31.9 Å². The number of rotatable bonds is 13. The summed E-state index contributed by atoms with van der Waals surface area (Å²) in [6.45, 7) is 20.6. The van der Waals surface area contributed by atoms with Gasteiger partial charge in [-0.05, 0) is 216 Å². The predicted molar refractivity (Wildman–Crippen MR) is 569 cm³/mol. The molecule has 12 aliphatic heterocycles. The lowest BCUT2D eigenvalue weighted by atomic mass is 9.70. The molecule has 800 valence electrons. The first-order valence-corrected chi connectivity index (χ1v) is 58.9. The maximum atomic E-state index is 13.3. The van der Waals surface area contributed by atoms with Crippen molar-refractivity contribution < 1.29 is 46.3 Å². The van der Waals surface area contributed by atoms with Crippen LogP contribution in [0.25, 0.3) is 0 Å². The fourth-order valence-corrected chi connectivity index (χ4v) is 33.8. The van der Waals surface area contributed by atoms with Crippen LogP contribution in [0, 0.1) is 37.5 Å². The minimum atomic E-state index is -4.31. The first-order chi connectivity index (χ1) is 71.1. The van der Waals surface area contributed by atoms with Crippen molar-refractivity contribution in [2.75, 3.05) is 53.4 Å². The summed E-state index contributed by atoms with van der Waals surface area (Å²) in [6, 6.07) is 15.3. The van der Waals surface area contributed by atoms with E-state index in [4.69, 9.17) is 68.0 Å². The Morgan fingerprint density at radius 3 is 0.919 bits per heavy atom. The number of alkyl halides is 3. The fraction of sp³-hybridized carbons (Fsp3) is 0.657. The van der Waals surface area contributed by atoms with Crippen LogP contribution >= 0.6 is 103 Å². The third-order valence-corrected chi connectivity index (χ3v) is 41.6. The van der Waals surface area contributed by atoms with Gasteiger partial charge in [-0.1, -0.05) is 114 Å². The summed E-state index contributed by atoms with van der Waals surface area (Å²) >= 11 is 28.7. The molecule has 0 bridgehead atoms. The number of nitrogens with one attached hydrogen (secondary N) is 6. The summed E-state index contributed by atoms with van der Waals surface area (Å²) in [5, 5.41) is 73.2. The van der Waals surface area contributed by atoms with E-state index in [0.29, 0.717) is 68.5 Å². The summed E-state index contributed by atoms with van der Waals surface area (Å²) in [5.74, 6) is 2.61. The zero-order valence-corrected chi connectivity index (χ0v) is 94.1. The lowest BCUT2D eigenvalue weighted by Gasteiger charge is -2.49. The van der Waals surface area contributed by atoms with Crippen molar-refractivity contribution in [3.63, 3.8) is 0 Å². The van der Waals surface area contributed by atoms with Gasteiger partial charge < -0.3 is 65.1 Å². The molecule has 148 heavy (non-hydrogen) atoms. The summed E-state index contributed by atoms with van der Waals surface area (Å²) in [4.78, 5) is 9.88. The number of ether oxygens (including phenoxy) is 7. The molecular formula is C105H140Cl3F3N24O7S6. The third-order valence-electron chi connectivity index (χ3n) is 33.1. The Labute approximate surface area is 902 Å². The zero-order chi connectivity index (χ0) is 103. The average Bonchev–Trinajstić information content (AvgIpc) is 1.54. The monoisotopic (exact) mass is 2200 g/mol. The second-order valence-electron chi connectivity index (χ2n) is 44.4. The Hall–Kier alpha value is -6.82. The summed E-state index contributed by atoms with van der Waals surface area (Å²) < 4.78 is 96.9. The second-order valence-corrected chi connectivity index (χ2v) is 53.0. The second kappa shape index (κ2) is 44.1. The first kappa shape index (κ1) is 107. The van der Waals surface area contributed by atoms with E-state index in [1.54, 1.807) is 76.3 Å². The van der Waals surface area contributed by atoms with Crippen LogP contribution in [0.4, 0.5) is 13.2 Å². The molecule has 6 spiro atoms. The van der Waals surface area contributed by atoms with Crippen LogP contribution in [0.3, 0.4) is 0 Å². The highest BCUT2D eigenvalue weighted by atomic mass is 35.5. The molecule has 6 saturated heterocycles. The number of hydrogen-bond donors (Lipinski definition) is 6. The maximum Gasteiger partial charge on any atom is 0.425 e. The maximum absolute atomic E-state index is 13.3. The topological polar surface area (TPSA) is 321 Å². The minimum absolute atomic E-state index is 0.0828. The number of nitrogens with zero attached hydrogens (tertiary/aromatic N) is 18. The van der Waals surface area contributed by atoms with Gasteiger partial charge in [-0.2, -0.15) is 13.2 Å². The van der Waals surface area contributed by atoms with Crippen LogP contribution in [0.5, 0.6) is 0 Å². The minimum Gasteiger partial charge on any atom is -0.383 e. The molecule has 12 aromatic heterocycles. The lowest BCUT2D eigenvalue weighted by molar-refractivity contribution is -0.134. The SMILES string of the molecule is CC(C)C1CC2(CC(c3cn(C)nn3)N1)OCCc1cc(Cl)sc12.CCC1CC2(CC(c3cn(C)nn3)N1)OCCc1cc(C(F)(F)F)sc12.COCC1CC2(CC(c3cn(C)nn3)N1)OCCc1cc(Cl)sc12.Cc1cc2c(s1)C1(CC(c3cn(C)nn3)NC(C(C)C)C1)OCC2.Cc1cc2c(s1)C1(CC(c3cn(C)nn3)NC(C3CCC3)C1)OCC2.Cn1cc(C2CC3(CC(C4CCC4)N2)OCCc2cc(Cl)sc23)nn1. The smallest absolute Gasteiger partial charge is 0.383 e. The number of methoxy groups -OCH3 is 1. The fourth-order valence-electron chi connectivity index (χ4n) is 25.7. The van der Waals surface area contributed by atoms with Crippen molar-refractivity contribution in [2.45, 2.75) is 321 Å². The van der Waals surface area contributed by atoms with Crippen LogP contribution in [-0.2, 0) is 154 Å². The molecule has 6 N–H and O–H groups in total. The molecular weight excluding hydrogens is 2070 g/mol. The van der Waals surface area contributed by atoms with E-state index < -0.39 is 16.7 Å². The highest BCUT2D eigenvalue weighted by Crippen LogP contribution is 2.59. The normalized spacial score (nSPS) is 30.7. The highest BCUT2D eigenvalue weighted by molar-refractivity contribution is 7.17. The van der Waals surface area contributed by atoms with Gasteiger partial charge in [0.25, 0.3) is 0 Å². The van der Waals surface area contributed by atoms with Gasteiger partial charge in [-0.25, -0.2) is 0 Å². The molecule has 24 heterocycles. The highest BCUT2D eigenvalue weighted by Gasteiger charge is 2.57. The number of aromatic nitrogens is 18.